The van der Waals surface area contributed by atoms with Crippen molar-refractivity contribution in [3.8, 4) is 22.3 Å². The van der Waals surface area contributed by atoms with Crippen LogP contribution in [0.2, 0.25) is 0 Å². The second kappa shape index (κ2) is 19.5. The zero-order valence-corrected chi connectivity index (χ0v) is 38.0. The lowest BCUT2D eigenvalue weighted by molar-refractivity contribution is 0.437. The average Bonchev–Trinajstić information content (AvgIpc) is 3.39. The molecule has 10 rings (SSSR count). The summed E-state index contributed by atoms with van der Waals surface area (Å²) < 4.78 is 0. The Hall–Kier alpha value is -6.90. The van der Waals surface area contributed by atoms with Crippen molar-refractivity contribution in [2.45, 2.75) is 83.5 Å². The Bertz CT molecular complexity index is 2880. The van der Waals surface area contributed by atoms with E-state index in [0.29, 0.717) is 11.8 Å². The van der Waals surface area contributed by atoms with Crippen molar-refractivity contribution in [3.05, 3.63) is 217 Å². The highest BCUT2D eigenvalue weighted by molar-refractivity contribution is 6.25. The molecule has 9 aromatic rings. The Balaban J connectivity index is 1.46. The molecule has 9 aromatic carbocycles. The highest BCUT2D eigenvalue weighted by Crippen LogP contribution is 2.55. The molecule has 0 aromatic heterocycles. The van der Waals surface area contributed by atoms with Gasteiger partial charge in [0.05, 0.1) is 11.4 Å². The molecule has 0 saturated heterocycles. The molecule has 0 amide bonds. The molecule has 65 heavy (non-hydrogen) atoms. The molecule has 0 radical (unpaired) electrons. The highest BCUT2D eigenvalue weighted by atomic mass is 15.2. The van der Waals surface area contributed by atoms with Crippen LogP contribution in [0, 0.1) is 0 Å². The molecule has 2 heteroatoms. The standard InChI is InChI=1S/C63H60N2/c1-3-5-27-46(4-2)54-42-58-59(43-55(54)47-28-13-6-14-29-47)63(65(52-38-23-11-24-39-52)53-40-25-12-26-41-53)61-45-57(49-32-17-8-18-33-49)56(48-30-15-7-16-31-48)44-60(61)62(58)64(50-34-19-9-20-35-50)51-36-21-10-22-37-51/h7-12,15-26,30-47H,3-6,13-14,27-29H2,1-2H3. The first-order valence-electron chi connectivity index (χ1n) is 24.2. The molecule has 1 saturated carbocycles. The Kier molecular flexibility index (Phi) is 12.6. The van der Waals surface area contributed by atoms with Gasteiger partial charge in [0.25, 0.3) is 0 Å². The van der Waals surface area contributed by atoms with Crippen molar-refractivity contribution in [1.82, 2.24) is 0 Å². The second-order valence-corrected chi connectivity index (χ2v) is 18.0. The molecule has 0 spiro atoms. The molecule has 1 atom stereocenters. The predicted octanol–water partition coefficient (Wildman–Crippen LogP) is 19.0. The number of fused-ring (bicyclic) bond motifs is 2. The van der Waals surface area contributed by atoms with Gasteiger partial charge in [-0.2, -0.15) is 0 Å². The maximum atomic E-state index is 2.70. The van der Waals surface area contributed by atoms with Crippen molar-refractivity contribution in [2.24, 2.45) is 0 Å². The first kappa shape index (κ1) is 42.1. The first-order valence-corrected chi connectivity index (χ1v) is 24.2. The summed E-state index contributed by atoms with van der Waals surface area (Å²) in [5.74, 6) is 1.01. The monoisotopic (exact) mass is 844 g/mol. The number of hydrogen-bond acceptors (Lipinski definition) is 2. The molecule has 322 valence electrons. The SMILES string of the molecule is CCCCC(CC)c1cc2c(N(c3ccccc3)c3ccccc3)c3cc(-c4ccccc4)c(-c4ccccc4)cc3c(N(c3ccccc3)c3ccccc3)c2cc1C1CCCCC1. The van der Waals surface area contributed by atoms with Crippen LogP contribution in [-0.4, -0.2) is 0 Å². The van der Waals surface area contributed by atoms with E-state index < -0.39 is 0 Å². The van der Waals surface area contributed by atoms with Crippen LogP contribution in [0.1, 0.15) is 94.6 Å². The fourth-order valence-electron chi connectivity index (χ4n) is 10.8. The van der Waals surface area contributed by atoms with E-state index in [2.05, 4.69) is 230 Å². The third kappa shape index (κ3) is 8.47. The van der Waals surface area contributed by atoms with Gasteiger partial charge in [0.1, 0.15) is 0 Å². The van der Waals surface area contributed by atoms with Crippen LogP contribution in [0.15, 0.2) is 206 Å². The van der Waals surface area contributed by atoms with E-state index in [1.807, 2.05) is 0 Å². The summed E-state index contributed by atoms with van der Waals surface area (Å²) in [6.07, 6.45) is 11.2. The number of benzene rings is 9. The van der Waals surface area contributed by atoms with Gasteiger partial charge in [-0.15, -0.1) is 0 Å². The number of unbranched alkanes of at least 4 members (excludes halogenated alkanes) is 1. The van der Waals surface area contributed by atoms with Crippen LogP contribution in [0.4, 0.5) is 34.1 Å². The summed E-state index contributed by atoms with van der Waals surface area (Å²) in [7, 11) is 0. The van der Waals surface area contributed by atoms with Gasteiger partial charge in [-0.05, 0) is 144 Å². The van der Waals surface area contributed by atoms with Crippen molar-refractivity contribution in [2.75, 3.05) is 9.80 Å². The van der Waals surface area contributed by atoms with Crippen LogP contribution >= 0.6 is 0 Å². The number of hydrogen-bond donors (Lipinski definition) is 0. The van der Waals surface area contributed by atoms with E-state index in [4.69, 9.17) is 0 Å². The summed E-state index contributed by atoms with van der Waals surface area (Å²) in [4.78, 5) is 5.11. The largest absolute Gasteiger partial charge is 0.309 e. The minimum Gasteiger partial charge on any atom is -0.309 e. The van der Waals surface area contributed by atoms with E-state index in [0.717, 1.165) is 29.2 Å². The van der Waals surface area contributed by atoms with E-state index in [1.54, 1.807) is 11.1 Å². The van der Waals surface area contributed by atoms with Gasteiger partial charge in [-0.25, -0.2) is 0 Å². The Labute approximate surface area is 386 Å². The zero-order chi connectivity index (χ0) is 44.0. The molecule has 0 bridgehead atoms. The molecule has 0 aliphatic heterocycles. The number of anilines is 6. The molecule has 1 aliphatic rings. The van der Waals surface area contributed by atoms with Crippen LogP contribution in [-0.2, 0) is 0 Å². The number of rotatable bonds is 14. The van der Waals surface area contributed by atoms with Gasteiger partial charge in [0, 0.05) is 44.3 Å². The van der Waals surface area contributed by atoms with Gasteiger partial charge in [-0.3, -0.25) is 0 Å². The molecule has 1 fully saturated rings. The Morgan fingerprint density at radius 2 is 0.800 bits per heavy atom. The molecule has 2 nitrogen and oxygen atoms in total. The van der Waals surface area contributed by atoms with Gasteiger partial charge in [-0.1, -0.05) is 179 Å². The molecule has 1 aliphatic carbocycles. The minimum atomic E-state index is 0.477. The maximum absolute atomic E-state index is 2.70. The molecule has 0 N–H and O–H groups in total. The van der Waals surface area contributed by atoms with E-state index in [1.165, 1.54) is 107 Å². The Morgan fingerprint density at radius 3 is 1.18 bits per heavy atom. The fraction of sp³-hybridized carbons (Fsp3) is 0.206. The lowest BCUT2D eigenvalue weighted by Gasteiger charge is -2.35. The summed E-state index contributed by atoms with van der Waals surface area (Å²) in [6, 6.07) is 76.8. The van der Waals surface area contributed by atoms with Crippen molar-refractivity contribution in [3.63, 3.8) is 0 Å². The number of para-hydroxylation sites is 4. The van der Waals surface area contributed by atoms with Crippen LogP contribution in [0.5, 0.6) is 0 Å². The van der Waals surface area contributed by atoms with Crippen LogP contribution < -0.4 is 9.80 Å². The third-order valence-corrected chi connectivity index (χ3v) is 14.0. The average molecular weight is 845 g/mol. The quantitative estimate of drug-likeness (QED) is 0.0795. The maximum Gasteiger partial charge on any atom is 0.0620 e. The molecule has 1 unspecified atom stereocenters. The zero-order valence-electron chi connectivity index (χ0n) is 38.0. The van der Waals surface area contributed by atoms with Crippen molar-refractivity contribution >= 4 is 55.7 Å². The van der Waals surface area contributed by atoms with E-state index >= 15 is 0 Å². The third-order valence-electron chi connectivity index (χ3n) is 14.0. The van der Waals surface area contributed by atoms with E-state index in [9.17, 15) is 0 Å². The van der Waals surface area contributed by atoms with Crippen LogP contribution in [0.3, 0.4) is 0 Å². The topological polar surface area (TPSA) is 6.48 Å². The lowest BCUT2D eigenvalue weighted by atomic mass is 9.76. The summed E-state index contributed by atoms with van der Waals surface area (Å²) >= 11 is 0. The van der Waals surface area contributed by atoms with Gasteiger partial charge in [0.2, 0.25) is 0 Å². The van der Waals surface area contributed by atoms with Crippen LogP contribution in [0.25, 0.3) is 43.8 Å². The molecular weight excluding hydrogens is 785 g/mol. The van der Waals surface area contributed by atoms with E-state index in [-0.39, 0.29) is 0 Å². The summed E-state index contributed by atoms with van der Waals surface area (Å²) in [6.45, 7) is 4.77. The predicted molar refractivity (Wildman–Crippen MR) is 280 cm³/mol. The minimum absolute atomic E-state index is 0.477. The smallest absolute Gasteiger partial charge is 0.0620 e. The summed E-state index contributed by atoms with van der Waals surface area (Å²) in [5.41, 5.74) is 15.0. The molecular formula is C63H60N2. The van der Waals surface area contributed by atoms with Gasteiger partial charge >= 0.3 is 0 Å². The number of nitrogens with zero attached hydrogens (tertiary/aromatic N) is 2. The second-order valence-electron chi connectivity index (χ2n) is 18.0. The summed E-state index contributed by atoms with van der Waals surface area (Å²) in [5, 5.41) is 5.01. The normalized spacial score (nSPS) is 13.5. The highest BCUT2D eigenvalue weighted by Gasteiger charge is 2.30. The fourth-order valence-corrected chi connectivity index (χ4v) is 10.8. The molecule has 0 heterocycles. The van der Waals surface area contributed by atoms with Crippen molar-refractivity contribution < 1.29 is 0 Å². The lowest BCUT2D eigenvalue weighted by Crippen LogP contribution is -2.16. The van der Waals surface area contributed by atoms with Gasteiger partial charge < -0.3 is 9.80 Å². The van der Waals surface area contributed by atoms with Gasteiger partial charge in [0.15, 0.2) is 0 Å². The van der Waals surface area contributed by atoms with Crippen molar-refractivity contribution in [1.29, 1.82) is 0 Å². The first-order chi connectivity index (χ1) is 32.2. The Morgan fingerprint density at radius 1 is 0.431 bits per heavy atom.